The van der Waals surface area contributed by atoms with Crippen molar-refractivity contribution in [2.45, 2.75) is 316 Å². The Morgan fingerprint density at radius 3 is 0.803 bits per heavy atom. The molecule has 6 heteroatoms. The first-order valence-electron chi connectivity index (χ1n) is 27.4. The number of esters is 3. The van der Waals surface area contributed by atoms with E-state index in [1.807, 2.05) is 0 Å². The monoisotopic (exact) mass is 863 g/mol. The average molecular weight is 863 g/mol. The predicted molar refractivity (Wildman–Crippen MR) is 261 cm³/mol. The number of rotatable bonds is 50. The number of carbonyl (C=O) groups is 3. The molecule has 0 aliphatic heterocycles. The predicted octanol–water partition coefficient (Wildman–Crippen LogP) is 17.8. The van der Waals surface area contributed by atoms with E-state index in [0.717, 1.165) is 63.7 Å². The molecule has 0 aromatic carbocycles. The van der Waals surface area contributed by atoms with E-state index in [1.165, 1.54) is 205 Å². The van der Waals surface area contributed by atoms with Gasteiger partial charge in [-0.3, -0.25) is 14.4 Å². The summed E-state index contributed by atoms with van der Waals surface area (Å²) < 4.78 is 16.8. The first kappa shape index (κ1) is 59.4. The Morgan fingerprint density at radius 1 is 0.311 bits per heavy atom. The minimum Gasteiger partial charge on any atom is -0.462 e. The van der Waals surface area contributed by atoms with Crippen molar-refractivity contribution in [2.24, 2.45) is 5.92 Å². The fourth-order valence-electron chi connectivity index (χ4n) is 8.39. The van der Waals surface area contributed by atoms with Crippen LogP contribution >= 0.6 is 0 Å². The lowest BCUT2D eigenvalue weighted by molar-refractivity contribution is -0.167. The second-order valence-corrected chi connectivity index (χ2v) is 19.3. The minimum atomic E-state index is -0.761. The maximum atomic E-state index is 12.8. The van der Waals surface area contributed by atoms with Gasteiger partial charge in [0.1, 0.15) is 13.2 Å². The van der Waals surface area contributed by atoms with Crippen LogP contribution in [0.5, 0.6) is 0 Å². The molecule has 0 radical (unpaired) electrons. The largest absolute Gasteiger partial charge is 0.462 e. The quantitative estimate of drug-likeness (QED) is 0.0344. The summed E-state index contributed by atoms with van der Waals surface area (Å²) in [6.07, 6.45) is 52.4. The highest BCUT2D eigenvalue weighted by molar-refractivity contribution is 5.71. The summed E-state index contributed by atoms with van der Waals surface area (Å²) in [7, 11) is 0. The first-order chi connectivity index (χ1) is 29.9. The summed E-state index contributed by atoms with van der Waals surface area (Å²) in [5.74, 6) is -0.0453. The van der Waals surface area contributed by atoms with Crippen LogP contribution < -0.4 is 0 Å². The lowest BCUT2D eigenvalue weighted by Crippen LogP contribution is -2.30. The number of unbranched alkanes of at least 4 members (excludes halogenated alkanes) is 37. The van der Waals surface area contributed by atoms with E-state index < -0.39 is 6.10 Å². The van der Waals surface area contributed by atoms with Crippen molar-refractivity contribution in [3.8, 4) is 0 Å². The number of carbonyl (C=O) groups excluding carboxylic acids is 3. The third kappa shape index (κ3) is 49.3. The number of hydrogen-bond acceptors (Lipinski definition) is 6. The molecule has 1 atom stereocenters. The zero-order valence-corrected chi connectivity index (χ0v) is 41.6. The molecule has 61 heavy (non-hydrogen) atoms. The highest BCUT2D eigenvalue weighted by atomic mass is 16.6. The Balaban J connectivity index is 4.28. The third-order valence-corrected chi connectivity index (χ3v) is 12.5. The molecule has 0 saturated carbocycles. The van der Waals surface area contributed by atoms with Gasteiger partial charge < -0.3 is 14.2 Å². The van der Waals surface area contributed by atoms with Crippen LogP contribution in [0.25, 0.3) is 0 Å². The van der Waals surface area contributed by atoms with Gasteiger partial charge >= 0.3 is 17.9 Å². The molecular formula is C55H106O6. The Labute approximate surface area is 380 Å². The van der Waals surface area contributed by atoms with Crippen molar-refractivity contribution in [3.05, 3.63) is 0 Å². The van der Waals surface area contributed by atoms with Gasteiger partial charge in [0.05, 0.1) is 0 Å². The van der Waals surface area contributed by atoms with E-state index in [4.69, 9.17) is 14.2 Å². The Bertz CT molecular complexity index is 918. The summed E-state index contributed by atoms with van der Waals surface area (Å²) >= 11 is 0. The van der Waals surface area contributed by atoms with Crippen molar-refractivity contribution in [2.75, 3.05) is 13.2 Å². The van der Waals surface area contributed by atoms with Crippen LogP contribution in [-0.2, 0) is 28.6 Å². The van der Waals surface area contributed by atoms with Gasteiger partial charge in [0.2, 0.25) is 0 Å². The van der Waals surface area contributed by atoms with E-state index in [-0.39, 0.29) is 31.1 Å². The number of hydrogen-bond donors (Lipinski definition) is 0. The Hall–Kier alpha value is -1.59. The van der Waals surface area contributed by atoms with Gasteiger partial charge in [0.15, 0.2) is 6.10 Å². The minimum absolute atomic E-state index is 0.0627. The van der Waals surface area contributed by atoms with Crippen molar-refractivity contribution in [3.63, 3.8) is 0 Å². The summed E-state index contributed by atoms with van der Waals surface area (Å²) in [5, 5.41) is 0. The molecule has 6 nitrogen and oxygen atoms in total. The molecule has 0 spiro atoms. The molecule has 0 N–H and O–H groups in total. The van der Waals surface area contributed by atoms with Crippen LogP contribution in [0.3, 0.4) is 0 Å². The Morgan fingerprint density at radius 2 is 0.541 bits per heavy atom. The zero-order chi connectivity index (χ0) is 44.5. The van der Waals surface area contributed by atoms with Gasteiger partial charge in [0.25, 0.3) is 0 Å². The van der Waals surface area contributed by atoms with Gasteiger partial charge in [-0.2, -0.15) is 0 Å². The van der Waals surface area contributed by atoms with Gasteiger partial charge in [-0.25, -0.2) is 0 Å². The summed E-state index contributed by atoms with van der Waals surface area (Å²) in [6.45, 7) is 9.01. The van der Waals surface area contributed by atoms with Crippen LogP contribution in [-0.4, -0.2) is 37.2 Å². The lowest BCUT2D eigenvalue weighted by atomic mass is 10.0. The highest BCUT2D eigenvalue weighted by Crippen LogP contribution is 2.17. The zero-order valence-electron chi connectivity index (χ0n) is 41.6. The van der Waals surface area contributed by atoms with Crippen molar-refractivity contribution in [1.82, 2.24) is 0 Å². The van der Waals surface area contributed by atoms with Crippen LogP contribution in [0.2, 0.25) is 0 Å². The molecule has 0 aromatic rings. The van der Waals surface area contributed by atoms with E-state index in [1.54, 1.807) is 0 Å². The maximum Gasteiger partial charge on any atom is 0.306 e. The average Bonchev–Trinajstić information content (AvgIpc) is 3.24. The molecule has 0 aromatic heterocycles. The summed E-state index contributed by atoms with van der Waals surface area (Å²) in [4.78, 5) is 38.0. The Kier molecular flexibility index (Phi) is 48.1. The maximum absolute atomic E-state index is 12.8. The molecule has 362 valence electrons. The van der Waals surface area contributed by atoms with Crippen molar-refractivity contribution >= 4 is 17.9 Å². The fourth-order valence-corrected chi connectivity index (χ4v) is 8.39. The van der Waals surface area contributed by atoms with Gasteiger partial charge in [0, 0.05) is 19.3 Å². The van der Waals surface area contributed by atoms with Gasteiger partial charge in [-0.1, -0.05) is 272 Å². The molecule has 0 saturated heterocycles. The van der Waals surface area contributed by atoms with Crippen LogP contribution in [0.4, 0.5) is 0 Å². The second-order valence-electron chi connectivity index (χ2n) is 19.3. The first-order valence-corrected chi connectivity index (χ1v) is 27.4. The topological polar surface area (TPSA) is 78.9 Å². The molecule has 0 amide bonds. The molecule has 0 heterocycles. The molecule has 0 bridgehead atoms. The van der Waals surface area contributed by atoms with E-state index >= 15 is 0 Å². The van der Waals surface area contributed by atoms with E-state index in [0.29, 0.717) is 19.3 Å². The van der Waals surface area contributed by atoms with Crippen LogP contribution in [0.15, 0.2) is 0 Å². The summed E-state index contributed by atoms with van der Waals surface area (Å²) in [5.41, 5.74) is 0. The van der Waals surface area contributed by atoms with Crippen molar-refractivity contribution < 1.29 is 28.6 Å². The van der Waals surface area contributed by atoms with Gasteiger partial charge in [-0.15, -0.1) is 0 Å². The van der Waals surface area contributed by atoms with Crippen molar-refractivity contribution in [1.29, 1.82) is 0 Å². The summed E-state index contributed by atoms with van der Waals surface area (Å²) in [6, 6.07) is 0. The normalized spacial score (nSPS) is 12.0. The highest BCUT2D eigenvalue weighted by Gasteiger charge is 2.19. The second kappa shape index (κ2) is 49.4. The standard InChI is InChI=1S/C55H106O6/c1-5-7-9-11-13-15-17-19-21-23-25-27-29-34-38-42-46-53(56)59-49-52(50-60-54(57)47-43-39-35-32-31-33-37-41-45-51(3)4)61-55(58)48-44-40-36-30-28-26-24-22-20-18-16-14-12-10-8-6-2/h51-52H,5-50H2,1-4H3/t52-/m1/s1. The van der Waals surface area contributed by atoms with E-state index in [2.05, 4.69) is 27.7 Å². The SMILES string of the molecule is CCCCCCCCCCCCCCCCCCC(=O)OC[C@H](COC(=O)CCCCCCCCCCC(C)C)OC(=O)CCCCCCCCCCCCCCCCCC. The molecule has 0 fully saturated rings. The molecule has 0 aliphatic carbocycles. The van der Waals surface area contributed by atoms with Gasteiger partial charge in [-0.05, 0) is 25.2 Å². The van der Waals surface area contributed by atoms with Crippen LogP contribution in [0, 0.1) is 5.92 Å². The number of ether oxygens (including phenoxy) is 3. The molecule has 0 rings (SSSR count). The molecule has 0 aliphatic rings. The molecule has 0 unspecified atom stereocenters. The third-order valence-electron chi connectivity index (χ3n) is 12.5. The van der Waals surface area contributed by atoms with E-state index in [9.17, 15) is 14.4 Å². The lowest BCUT2D eigenvalue weighted by Gasteiger charge is -2.18. The van der Waals surface area contributed by atoms with Crippen LogP contribution in [0.1, 0.15) is 310 Å². The molecular weight excluding hydrogens is 757 g/mol. The fraction of sp³-hybridized carbons (Fsp3) is 0.945. The smallest absolute Gasteiger partial charge is 0.306 e.